The average molecular weight is 300 g/mol. The first-order valence-corrected chi connectivity index (χ1v) is 7.90. The molecule has 1 fully saturated rings. The van der Waals surface area contributed by atoms with Gasteiger partial charge in [0, 0.05) is 18.9 Å². The third kappa shape index (κ3) is 5.11. The summed E-state index contributed by atoms with van der Waals surface area (Å²) in [7, 11) is 0. The monoisotopic (exact) mass is 300 g/mol. The average Bonchev–Trinajstić information content (AvgIpc) is 2.57. The molecule has 0 radical (unpaired) electrons. The van der Waals surface area contributed by atoms with Crippen LogP contribution in [0.25, 0.3) is 0 Å². The molecule has 22 heavy (non-hydrogen) atoms. The fraction of sp³-hybridized carbons (Fsp3) is 0.444. The van der Waals surface area contributed by atoms with E-state index in [0.29, 0.717) is 13.0 Å². The Labute approximate surface area is 132 Å². The molecule has 0 aromatic heterocycles. The van der Waals surface area contributed by atoms with Crippen molar-refractivity contribution in [3.63, 3.8) is 0 Å². The molecular formula is C18H24N2O2. The van der Waals surface area contributed by atoms with Gasteiger partial charge >= 0.3 is 0 Å². The number of allylic oxidation sites excluding steroid dienone is 1. The molecule has 118 valence electrons. The van der Waals surface area contributed by atoms with Crippen LogP contribution in [0.2, 0.25) is 0 Å². The van der Waals surface area contributed by atoms with Crippen molar-refractivity contribution in [2.45, 2.75) is 25.7 Å². The number of nitrogens with one attached hydrogen (secondary N) is 2. The first-order valence-electron chi connectivity index (χ1n) is 7.90. The lowest BCUT2D eigenvalue weighted by Crippen LogP contribution is -2.38. The lowest BCUT2D eigenvalue weighted by Gasteiger charge is -2.21. The third-order valence-corrected chi connectivity index (χ3v) is 4.05. The number of carbonyl (C=O) groups excluding carboxylic acids is 2. The van der Waals surface area contributed by atoms with E-state index in [2.05, 4.69) is 17.2 Å². The smallest absolute Gasteiger partial charge is 0.223 e. The van der Waals surface area contributed by atoms with Gasteiger partial charge in [-0.2, -0.15) is 0 Å². The highest BCUT2D eigenvalue weighted by molar-refractivity contribution is 5.90. The second kappa shape index (κ2) is 8.49. The van der Waals surface area contributed by atoms with Crippen LogP contribution in [0.1, 0.15) is 24.0 Å². The van der Waals surface area contributed by atoms with E-state index in [9.17, 15) is 9.59 Å². The van der Waals surface area contributed by atoms with Gasteiger partial charge in [0.15, 0.2) is 5.78 Å². The zero-order chi connectivity index (χ0) is 15.8. The van der Waals surface area contributed by atoms with Crippen molar-refractivity contribution < 1.29 is 9.59 Å². The molecule has 4 nitrogen and oxygen atoms in total. The van der Waals surface area contributed by atoms with Gasteiger partial charge in [0.2, 0.25) is 5.91 Å². The molecule has 0 atom stereocenters. The maximum Gasteiger partial charge on any atom is 0.223 e. The third-order valence-electron chi connectivity index (χ3n) is 4.05. The SMILES string of the molecule is C=CC(=O)Cc1ccc(CCNC(=O)C2CCNCC2)cc1. The maximum absolute atomic E-state index is 12.0. The molecule has 1 aromatic carbocycles. The molecule has 0 bridgehead atoms. The summed E-state index contributed by atoms with van der Waals surface area (Å²) < 4.78 is 0. The van der Waals surface area contributed by atoms with E-state index in [4.69, 9.17) is 0 Å². The number of amides is 1. The highest BCUT2D eigenvalue weighted by atomic mass is 16.1. The lowest BCUT2D eigenvalue weighted by molar-refractivity contribution is -0.125. The van der Waals surface area contributed by atoms with Crippen molar-refractivity contribution in [2.24, 2.45) is 5.92 Å². The summed E-state index contributed by atoms with van der Waals surface area (Å²) in [6, 6.07) is 7.96. The number of ketones is 1. The topological polar surface area (TPSA) is 58.2 Å². The van der Waals surface area contributed by atoms with E-state index in [0.717, 1.165) is 37.9 Å². The number of hydrogen-bond donors (Lipinski definition) is 2. The number of benzene rings is 1. The van der Waals surface area contributed by atoms with Gasteiger partial charge in [-0.25, -0.2) is 0 Å². The van der Waals surface area contributed by atoms with Crippen LogP contribution in [0.3, 0.4) is 0 Å². The van der Waals surface area contributed by atoms with Crippen LogP contribution in [-0.2, 0) is 22.4 Å². The number of piperidine rings is 1. The highest BCUT2D eigenvalue weighted by Crippen LogP contribution is 2.11. The van der Waals surface area contributed by atoms with Gasteiger partial charge in [-0.05, 0) is 49.6 Å². The summed E-state index contributed by atoms with van der Waals surface area (Å²) in [6.45, 7) is 6.00. The molecule has 1 aliphatic rings. The molecule has 2 N–H and O–H groups in total. The lowest BCUT2D eigenvalue weighted by atomic mass is 9.97. The van der Waals surface area contributed by atoms with Gasteiger partial charge in [-0.15, -0.1) is 0 Å². The molecule has 1 aliphatic heterocycles. The van der Waals surface area contributed by atoms with E-state index in [1.54, 1.807) is 0 Å². The van der Waals surface area contributed by atoms with Crippen molar-refractivity contribution in [1.29, 1.82) is 0 Å². The van der Waals surface area contributed by atoms with Crippen molar-refractivity contribution in [1.82, 2.24) is 10.6 Å². The summed E-state index contributed by atoms with van der Waals surface area (Å²) in [4.78, 5) is 23.3. The normalized spacial score (nSPS) is 15.3. The summed E-state index contributed by atoms with van der Waals surface area (Å²) in [5.41, 5.74) is 2.16. The predicted octanol–water partition coefficient (Wildman–Crippen LogP) is 1.64. The Bertz CT molecular complexity index is 516. The van der Waals surface area contributed by atoms with E-state index in [1.807, 2.05) is 24.3 Å². The van der Waals surface area contributed by atoms with Gasteiger partial charge in [0.05, 0.1) is 0 Å². The molecule has 1 aromatic rings. The molecule has 0 saturated carbocycles. The molecule has 4 heteroatoms. The van der Waals surface area contributed by atoms with E-state index >= 15 is 0 Å². The van der Waals surface area contributed by atoms with Gasteiger partial charge in [-0.3, -0.25) is 9.59 Å². The van der Waals surface area contributed by atoms with Crippen molar-refractivity contribution in [3.8, 4) is 0 Å². The first-order chi connectivity index (χ1) is 10.7. The molecule has 2 rings (SSSR count). The zero-order valence-corrected chi connectivity index (χ0v) is 12.9. The molecule has 1 heterocycles. The Morgan fingerprint density at radius 3 is 2.45 bits per heavy atom. The summed E-state index contributed by atoms with van der Waals surface area (Å²) in [6.07, 6.45) is 4.42. The Balaban J connectivity index is 1.73. The van der Waals surface area contributed by atoms with Crippen molar-refractivity contribution in [3.05, 3.63) is 48.0 Å². The molecule has 0 aliphatic carbocycles. The van der Waals surface area contributed by atoms with Gasteiger partial charge < -0.3 is 10.6 Å². The summed E-state index contributed by atoms with van der Waals surface area (Å²) in [5, 5.41) is 6.29. The van der Waals surface area contributed by atoms with Crippen molar-refractivity contribution >= 4 is 11.7 Å². The van der Waals surface area contributed by atoms with Gasteiger partial charge in [0.25, 0.3) is 0 Å². The zero-order valence-electron chi connectivity index (χ0n) is 12.9. The van der Waals surface area contributed by atoms with Crippen LogP contribution in [0.15, 0.2) is 36.9 Å². The fourth-order valence-electron chi connectivity index (χ4n) is 2.66. The quantitative estimate of drug-likeness (QED) is 0.753. The number of rotatable bonds is 7. The minimum atomic E-state index is 0.0296. The predicted molar refractivity (Wildman–Crippen MR) is 87.7 cm³/mol. The first kappa shape index (κ1) is 16.4. The number of carbonyl (C=O) groups is 2. The van der Waals surface area contributed by atoms with Crippen molar-refractivity contribution in [2.75, 3.05) is 19.6 Å². The van der Waals surface area contributed by atoms with Crippen LogP contribution in [0.4, 0.5) is 0 Å². The Hall–Kier alpha value is -1.94. The van der Waals surface area contributed by atoms with E-state index in [1.165, 1.54) is 11.6 Å². The second-order valence-corrected chi connectivity index (χ2v) is 5.73. The fourth-order valence-corrected chi connectivity index (χ4v) is 2.66. The van der Waals surface area contributed by atoms with E-state index < -0.39 is 0 Å². The summed E-state index contributed by atoms with van der Waals surface area (Å²) >= 11 is 0. The van der Waals surface area contributed by atoms with Crippen LogP contribution in [-0.4, -0.2) is 31.3 Å². The molecule has 0 unspecified atom stereocenters. The number of hydrogen-bond acceptors (Lipinski definition) is 3. The second-order valence-electron chi connectivity index (χ2n) is 5.73. The molecule has 1 amide bonds. The maximum atomic E-state index is 12.0. The Morgan fingerprint density at radius 1 is 1.18 bits per heavy atom. The van der Waals surface area contributed by atoms with E-state index in [-0.39, 0.29) is 17.6 Å². The van der Waals surface area contributed by atoms with Crippen LogP contribution in [0.5, 0.6) is 0 Å². The van der Waals surface area contributed by atoms with Crippen LogP contribution in [0, 0.1) is 5.92 Å². The van der Waals surface area contributed by atoms with Crippen LogP contribution < -0.4 is 10.6 Å². The molecule has 0 spiro atoms. The summed E-state index contributed by atoms with van der Waals surface area (Å²) in [5.74, 6) is 0.366. The Kier molecular flexibility index (Phi) is 6.34. The van der Waals surface area contributed by atoms with Gasteiger partial charge in [-0.1, -0.05) is 30.8 Å². The Morgan fingerprint density at radius 2 is 1.82 bits per heavy atom. The van der Waals surface area contributed by atoms with Gasteiger partial charge in [0.1, 0.15) is 0 Å². The highest BCUT2D eigenvalue weighted by Gasteiger charge is 2.20. The molecular weight excluding hydrogens is 276 g/mol. The molecule has 1 saturated heterocycles. The van der Waals surface area contributed by atoms with Crippen LogP contribution >= 0.6 is 0 Å². The standard InChI is InChI=1S/C18H24N2O2/c1-2-17(21)13-15-5-3-14(4-6-15)7-12-20-18(22)16-8-10-19-11-9-16/h2-6,16,19H,1,7-13H2,(H,20,22). The minimum absolute atomic E-state index is 0.0296. The largest absolute Gasteiger partial charge is 0.356 e. The minimum Gasteiger partial charge on any atom is -0.356 e.